The molecule has 1 rings (SSSR count). The summed E-state index contributed by atoms with van der Waals surface area (Å²) in [4.78, 5) is 35.8. The van der Waals surface area contributed by atoms with E-state index < -0.39 is 26.7 Å². The first-order valence-corrected chi connectivity index (χ1v) is 8.81. The zero-order valence-electron chi connectivity index (χ0n) is 9.71. The summed E-state index contributed by atoms with van der Waals surface area (Å²) in [5.41, 5.74) is 5.76. The minimum atomic E-state index is -5.33. The molecule has 0 spiro atoms. The molecular weight excluding hydrogens is 284 g/mol. The second-order valence-corrected chi connectivity index (χ2v) is 8.76. The van der Waals surface area contributed by atoms with Gasteiger partial charge in [0.15, 0.2) is 0 Å². The molecular formula is C8H19NO7P2. The standard InChI is InChI=1S/C8H19NO7P2/c9-7-3-1-2-6(7)4-5-8(10,17(11,12)13)18(14,15)16/h6-7,10H,1-5,9H2,(H2,11,12,13)(H2,14,15,16). The fourth-order valence-corrected chi connectivity index (χ4v) is 4.46. The zero-order chi connectivity index (χ0) is 14.2. The molecule has 0 heterocycles. The molecule has 1 aliphatic carbocycles. The van der Waals surface area contributed by atoms with Crippen molar-refractivity contribution in [1.82, 2.24) is 0 Å². The summed E-state index contributed by atoms with van der Waals surface area (Å²) in [7, 11) is -10.7. The lowest BCUT2D eigenvalue weighted by atomic mass is 9.98. The Kier molecular flexibility index (Phi) is 4.80. The highest BCUT2D eigenvalue weighted by molar-refractivity contribution is 7.72. The van der Waals surface area contributed by atoms with Crippen molar-refractivity contribution in [2.24, 2.45) is 11.7 Å². The van der Waals surface area contributed by atoms with Gasteiger partial charge in [-0.15, -0.1) is 0 Å². The van der Waals surface area contributed by atoms with Gasteiger partial charge in [-0.05, 0) is 25.2 Å². The SMILES string of the molecule is NC1CCCC1CCC(O)(P(=O)(O)O)P(=O)(O)O. The normalized spacial score (nSPS) is 26.6. The Morgan fingerprint density at radius 2 is 1.61 bits per heavy atom. The number of hydrogen-bond acceptors (Lipinski definition) is 4. The van der Waals surface area contributed by atoms with Gasteiger partial charge in [0.2, 0.25) is 0 Å². The first-order chi connectivity index (χ1) is 7.99. The Hall–Kier alpha value is 0.220. The predicted molar refractivity (Wildman–Crippen MR) is 63.6 cm³/mol. The molecule has 1 fully saturated rings. The number of hydrogen-bond donors (Lipinski definition) is 6. The fourth-order valence-electron chi connectivity index (χ4n) is 2.26. The van der Waals surface area contributed by atoms with Crippen molar-refractivity contribution in [1.29, 1.82) is 0 Å². The molecule has 0 bridgehead atoms. The summed E-state index contributed by atoms with van der Waals surface area (Å²) >= 11 is 0. The molecule has 7 N–H and O–H groups in total. The molecule has 1 saturated carbocycles. The van der Waals surface area contributed by atoms with Crippen molar-refractivity contribution in [2.45, 2.75) is 43.2 Å². The van der Waals surface area contributed by atoms with E-state index >= 15 is 0 Å². The van der Waals surface area contributed by atoms with Crippen molar-refractivity contribution in [3.05, 3.63) is 0 Å². The van der Waals surface area contributed by atoms with Crippen LogP contribution in [0, 0.1) is 5.92 Å². The minimum absolute atomic E-state index is 0.0744. The summed E-state index contributed by atoms with van der Waals surface area (Å²) in [6.07, 6.45) is 1.79. The summed E-state index contributed by atoms with van der Waals surface area (Å²) in [6, 6.07) is -0.150. The van der Waals surface area contributed by atoms with E-state index in [4.69, 9.17) is 25.3 Å². The van der Waals surface area contributed by atoms with Gasteiger partial charge < -0.3 is 30.4 Å². The summed E-state index contributed by atoms with van der Waals surface area (Å²) in [5, 5.41) is 6.36. The average Bonchev–Trinajstić information content (AvgIpc) is 2.57. The van der Waals surface area contributed by atoms with E-state index in [2.05, 4.69) is 0 Å². The molecule has 0 aromatic rings. The highest BCUT2D eigenvalue weighted by Gasteiger charge is 2.59. The van der Waals surface area contributed by atoms with Crippen LogP contribution >= 0.6 is 15.2 Å². The van der Waals surface area contributed by atoms with Gasteiger partial charge in [0.05, 0.1) is 0 Å². The van der Waals surface area contributed by atoms with Crippen molar-refractivity contribution < 1.29 is 33.8 Å². The lowest BCUT2D eigenvalue weighted by molar-refractivity contribution is 0.115. The maximum Gasteiger partial charge on any atom is 0.369 e. The average molecular weight is 303 g/mol. The van der Waals surface area contributed by atoms with Gasteiger partial charge in [-0.25, -0.2) is 0 Å². The van der Waals surface area contributed by atoms with Crippen LogP contribution in [0.3, 0.4) is 0 Å². The Morgan fingerprint density at radius 1 is 1.11 bits per heavy atom. The first kappa shape index (κ1) is 16.3. The molecule has 2 unspecified atom stereocenters. The molecule has 1 aliphatic rings. The topological polar surface area (TPSA) is 161 Å². The summed E-state index contributed by atoms with van der Waals surface area (Å²) < 4.78 is 22.2. The van der Waals surface area contributed by atoms with Gasteiger partial charge in [-0.1, -0.05) is 6.42 Å². The lowest BCUT2D eigenvalue weighted by Gasteiger charge is -2.30. The van der Waals surface area contributed by atoms with Crippen molar-refractivity contribution >= 4 is 15.2 Å². The summed E-state index contributed by atoms with van der Waals surface area (Å²) in [6.45, 7) is 0. The monoisotopic (exact) mass is 303 g/mol. The van der Waals surface area contributed by atoms with Crippen molar-refractivity contribution in [3.8, 4) is 0 Å². The highest BCUT2D eigenvalue weighted by atomic mass is 31.2. The molecule has 108 valence electrons. The molecule has 0 aromatic carbocycles. The second-order valence-electron chi connectivity index (χ2n) is 4.76. The Morgan fingerprint density at radius 3 is 1.94 bits per heavy atom. The van der Waals surface area contributed by atoms with E-state index in [1.165, 1.54) is 0 Å². The van der Waals surface area contributed by atoms with Crippen LogP contribution in [-0.2, 0) is 9.13 Å². The largest absolute Gasteiger partial charge is 0.369 e. The van der Waals surface area contributed by atoms with E-state index in [0.29, 0.717) is 0 Å². The maximum atomic E-state index is 11.1. The van der Waals surface area contributed by atoms with Gasteiger partial charge in [-0.2, -0.15) is 0 Å². The van der Waals surface area contributed by atoms with Crippen molar-refractivity contribution in [3.63, 3.8) is 0 Å². The van der Waals surface area contributed by atoms with Gasteiger partial charge in [-0.3, -0.25) is 9.13 Å². The lowest BCUT2D eigenvalue weighted by Crippen LogP contribution is -2.31. The Labute approximate surface area is 105 Å². The van der Waals surface area contributed by atoms with Gasteiger partial charge >= 0.3 is 15.2 Å². The fraction of sp³-hybridized carbons (Fsp3) is 1.00. The highest BCUT2D eigenvalue weighted by Crippen LogP contribution is 2.69. The molecule has 0 aliphatic heterocycles. The molecule has 0 radical (unpaired) electrons. The minimum Gasteiger partial charge on any atom is -0.368 e. The second kappa shape index (κ2) is 5.31. The first-order valence-electron chi connectivity index (χ1n) is 5.58. The van der Waals surface area contributed by atoms with E-state index in [0.717, 1.165) is 19.3 Å². The molecule has 10 heteroatoms. The smallest absolute Gasteiger partial charge is 0.368 e. The molecule has 0 aromatic heterocycles. The molecule has 0 saturated heterocycles. The number of nitrogens with two attached hydrogens (primary N) is 1. The third-order valence-corrected chi connectivity index (χ3v) is 7.38. The van der Waals surface area contributed by atoms with Crippen LogP contribution in [0.5, 0.6) is 0 Å². The zero-order valence-corrected chi connectivity index (χ0v) is 11.5. The maximum absolute atomic E-state index is 11.1. The van der Waals surface area contributed by atoms with Gasteiger partial charge in [0.1, 0.15) is 0 Å². The van der Waals surface area contributed by atoms with E-state index in [1.807, 2.05) is 0 Å². The summed E-state index contributed by atoms with van der Waals surface area (Å²) in [5.74, 6) is -0.0744. The number of aliphatic hydroxyl groups is 1. The molecule has 0 amide bonds. The quantitative estimate of drug-likeness (QED) is 0.383. The van der Waals surface area contributed by atoms with Crippen LogP contribution < -0.4 is 5.73 Å². The third kappa shape index (κ3) is 3.21. The molecule has 8 nitrogen and oxygen atoms in total. The van der Waals surface area contributed by atoms with Crippen molar-refractivity contribution in [2.75, 3.05) is 0 Å². The molecule has 2 atom stereocenters. The van der Waals surface area contributed by atoms with Crippen LogP contribution in [0.2, 0.25) is 0 Å². The van der Waals surface area contributed by atoms with E-state index in [1.54, 1.807) is 0 Å². The van der Waals surface area contributed by atoms with Gasteiger partial charge in [0, 0.05) is 12.5 Å². The predicted octanol–water partition coefficient (Wildman–Crippen LogP) is -0.105. The van der Waals surface area contributed by atoms with Crippen LogP contribution in [0.4, 0.5) is 0 Å². The van der Waals surface area contributed by atoms with E-state index in [-0.39, 0.29) is 18.4 Å². The van der Waals surface area contributed by atoms with Crippen LogP contribution in [-0.4, -0.2) is 35.8 Å². The number of rotatable bonds is 5. The van der Waals surface area contributed by atoms with Gasteiger partial charge in [0.25, 0.3) is 5.08 Å². The third-order valence-electron chi connectivity index (χ3n) is 3.50. The van der Waals surface area contributed by atoms with Crippen LogP contribution in [0.1, 0.15) is 32.1 Å². The molecule has 18 heavy (non-hydrogen) atoms. The van der Waals surface area contributed by atoms with E-state index in [9.17, 15) is 14.2 Å². The Bertz CT molecular complexity index is 367. The Balaban J connectivity index is 2.82. The van der Waals surface area contributed by atoms with Crippen LogP contribution in [0.15, 0.2) is 0 Å². The van der Waals surface area contributed by atoms with Crippen LogP contribution in [0.25, 0.3) is 0 Å².